The first-order valence-corrected chi connectivity index (χ1v) is 7.83. The van der Waals surface area contributed by atoms with E-state index in [-0.39, 0.29) is 16.6 Å². The number of hydrogen-bond donors (Lipinski definition) is 3. The summed E-state index contributed by atoms with van der Waals surface area (Å²) in [5, 5.41) is 6.31. The molecule has 1 atom stereocenters. The van der Waals surface area contributed by atoms with Crippen molar-refractivity contribution in [3.8, 4) is 0 Å². The molecule has 1 aromatic heterocycles. The molecule has 1 heterocycles. The van der Waals surface area contributed by atoms with E-state index in [1.54, 1.807) is 12.1 Å². The molecule has 0 aliphatic rings. The van der Waals surface area contributed by atoms with Crippen LogP contribution in [0.5, 0.6) is 0 Å². The average Bonchev–Trinajstić information content (AvgIpc) is 2.57. The molecule has 122 valence electrons. The number of H-pyrrole nitrogens is 1. The van der Waals surface area contributed by atoms with Crippen molar-refractivity contribution in [2.75, 3.05) is 10.6 Å². The van der Waals surface area contributed by atoms with Crippen LogP contribution in [0.15, 0.2) is 54.6 Å². The van der Waals surface area contributed by atoms with Crippen LogP contribution in [-0.4, -0.2) is 15.0 Å². The second kappa shape index (κ2) is 7.18. The highest BCUT2D eigenvalue weighted by molar-refractivity contribution is 7.71. The number of anilines is 3. The predicted molar refractivity (Wildman–Crippen MR) is 95.4 cm³/mol. The van der Waals surface area contributed by atoms with Gasteiger partial charge in [0.05, 0.1) is 6.04 Å². The third-order valence-corrected chi connectivity index (χ3v) is 3.59. The molecule has 0 aliphatic carbocycles. The van der Waals surface area contributed by atoms with E-state index in [2.05, 4.69) is 25.6 Å². The molecule has 7 heteroatoms. The molecule has 0 saturated heterocycles. The van der Waals surface area contributed by atoms with Crippen molar-refractivity contribution in [1.82, 2.24) is 15.0 Å². The Bertz CT molecular complexity index is 864. The average molecular weight is 341 g/mol. The van der Waals surface area contributed by atoms with Gasteiger partial charge in [-0.2, -0.15) is 9.97 Å². The number of benzene rings is 2. The minimum absolute atomic E-state index is 0.0467. The van der Waals surface area contributed by atoms with Crippen LogP contribution in [0.4, 0.5) is 22.0 Å². The van der Waals surface area contributed by atoms with Gasteiger partial charge in [0.1, 0.15) is 5.82 Å². The molecule has 0 unspecified atom stereocenters. The molecule has 0 saturated carbocycles. The number of nitrogens with zero attached hydrogens (tertiary/aromatic N) is 2. The van der Waals surface area contributed by atoms with Crippen molar-refractivity contribution in [2.45, 2.75) is 13.0 Å². The first-order chi connectivity index (χ1) is 11.6. The van der Waals surface area contributed by atoms with Gasteiger partial charge in [0.25, 0.3) is 0 Å². The Morgan fingerprint density at radius 3 is 2.38 bits per heavy atom. The molecule has 0 aliphatic heterocycles. The number of rotatable bonds is 5. The van der Waals surface area contributed by atoms with Crippen molar-refractivity contribution < 1.29 is 4.39 Å². The van der Waals surface area contributed by atoms with Crippen molar-refractivity contribution in [1.29, 1.82) is 0 Å². The molecular weight excluding hydrogens is 325 g/mol. The van der Waals surface area contributed by atoms with E-state index in [1.165, 1.54) is 12.1 Å². The predicted octanol–water partition coefficient (Wildman–Crippen LogP) is 4.59. The second-order valence-corrected chi connectivity index (χ2v) is 5.60. The molecule has 3 rings (SSSR count). The first kappa shape index (κ1) is 16.1. The Labute approximate surface area is 144 Å². The fourth-order valence-electron chi connectivity index (χ4n) is 2.21. The van der Waals surface area contributed by atoms with Crippen LogP contribution >= 0.6 is 12.2 Å². The molecule has 24 heavy (non-hydrogen) atoms. The molecule has 0 radical (unpaired) electrons. The summed E-state index contributed by atoms with van der Waals surface area (Å²) < 4.78 is 13.2. The summed E-state index contributed by atoms with van der Waals surface area (Å²) in [5.74, 6) is 0.649. The third kappa shape index (κ3) is 4.14. The first-order valence-electron chi connectivity index (χ1n) is 7.42. The second-order valence-electron chi connectivity index (χ2n) is 5.24. The lowest BCUT2D eigenvalue weighted by Crippen LogP contribution is -2.11. The zero-order valence-electron chi connectivity index (χ0n) is 13.0. The van der Waals surface area contributed by atoms with Crippen LogP contribution in [0, 0.1) is 10.6 Å². The lowest BCUT2D eigenvalue weighted by molar-refractivity contribution is 0.628. The van der Waals surface area contributed by atoms with Crippen LogP contribution in [0.25, 0.3) is 0 Å². The Hall–Kier alpha value is -2.80. The highest BCUT2D eigenvalue weighted by Gasteiger charge is 2.07. The molecule has 0 amide bonds. The minimum atomic E-state index is -0.296. The van der Waals surface area contributed by atoms with Gasteiger partial charge < -0.3 is 10.6 Å². The van der Waals surface area contributed by atoms with Crippen LogP contribution in [0.3, 0.4) is 0 Å². The van der Waals surface area contributed by atoms with E-state index in [0.717, 1.165) is 5.56 Å². The van der Waals surface area contributed by atoms with Gasteiger partial charge >= 0.3 is 0 Å². The maximum absolute atomic E-state index is 13.0. The number of aromatic amines is 1. The number of hydrogen-bond acceptors (Lipinski definition) is 5. The summed E-state index contributed by atoms with van der Waals surface area (Å²) in [6.07, 6.45) is 0. The van der Waals surface area contributed by atoms with Crippen LogP contribution in [-0.2, 0) is 0 Å². The lowest BCUT2D eigenvalue weighted by Gasteiger charge is -2.15. The summed E-state index contributed by atoms with van der Waals surface area (Å²) in [7, 11) is 0. The van der Waals surface area contributed by atoms with Gasteiger partial charge in [0.2, 0.25) is 16.7 Å². The minimum Gasteiger partial charge on any atom is -0.349 e. The van der Waals surface area contributed by atoms with E-state index < -0.39 is 0 Å². The molecule has 3 aromatic rings. The maximum atomic E-state index is 13.0. The van der Waals surface area contributed by atoms with E-state index >= 15 is 0 Å². The van der Waals surface area contributed by atoms with E-state index in [4.69, 9.17) is 12.2 Å². The van der Waals surface area contributed by atoms with Crippen molar-refractivity contribution in [2.24, 2.45) is 0 Å². The SMILES string of the molecule is C[C@@H](Nc1nc(=S)nc(Nc2ccc(F)cc2)[nH]1)c1ccccc1. The maximum Gasteiger partial charge on any atom is 0.225 e. The van der Waals surface area contributed by atoms with E-state index in [1.807, 2.05) is 37.3 Å². The van der Waals surface area contributed by atoms with Gasteiger partial charge in [-0.1, -0.05) is 30.3 Å². The fraction of sp³-hybridized carbons (Fsp3) is 0.118. The quantitative estimate of drug-likeness (QED) is 0.592. The Morgan fingerprint density at radius 2 is 1.67 bits per heavy atom. The van der Waals surface area contributed by atoms with Crippen LogP contribution < -0.4 is 10.6 Å². The van der Waals surface area contributed by atoms with Gasteiger partial charge in [-0.25, -0.2) is 4.39 Å². The number of halogens is 1. The lowest BCUT2D eigenvalue weighted by atomic mass is 10.1. The van der Waals surface area contributed by atoms with Gasteiger partial charge in [-0.3, -0.25) is 4.98 Å². The topological polar surface area (TPSA) is 65.6 Å². The van der Waals surface area contributed by atoms with Gasteiger partial charge in [-0.05, 0) is 49.0 Å². The van der Waals surface area contributed by atoms with E-state index in [9.17, 15) is 4.39 Å². The summed E-state index contributed by atoms with van der Waals surface area (Å²) >= 11 is 5.11. The highest BCUT2D eigenvalue weighted by atomic mass is 32.1. The molecular formula is C17H16FN5S. The molecule has 0 bridgehead atoms. The summed E-state index contributed by atoms with van der Waals surface area (Å²) in [5.41, 5.74) is 1.83. The molecule has 3 N–H and O–H groups in total. The van der Waals surface area contributed by atoms with Crippen LogP contribution in [0.2, 0.25) is 0 Å². The van der Waals surface area contributed by atoms with Gasteiger partial charge in [0, 0.05) is 5.69 Å². The van der Waals surface area contributed by atoms with Crippen molar-refractivity contribution in [3.05, 3.63) is 70.7 Å². The highest BCUT2D eigenvalue weighted by Crippen LogP contribution is 2.18. The number of nitrogens with one attached hydrogen (secondary N) is 3. The standard InChI is InChI=1S/C17H16FN5S/c1-11(12-5-3-2-4-6-12)19-15-21-16(23-17(24)22-15)20-14-9-7-13(18)8-10-14/h2-11H,1H3,(H3,19,20,21,22,23,24)/t11-/m1/s1. The normalized spacial score (nSPS) is 11.8. The smallest absolute Gasteiger partial charge is 0.225 e. The van der Waals surface area contributed by atoms with Gasteiger partial charge in [0.15, 0.2) is 0 Å². The Morgan fingerprint density at radius 1 is 1.00 bits per heavy atom. The fourth-order valence-corrected chi connectivity index (χ4v) is 2.39. The largest absolute Gasteiger partial charge is 0.349 e. The molecule has 0 spiro atoms. The summed E-state index contributed by atoms with van der Waals surface area (Å²) in [4.78, 5) is 11.4. The van der Waals surface area contributed by atoms with Crippen molar-refractivity contribution >= 4 is 29.8 Å². The zero-order chi connectivity index (χ0) is 16.9. The summed E-state index contributed by atoms with van der Waals surface area (Å²) in [6, 6.07) is 16.0. The van der Waals surface area contributed by atoms with Crippen LogP contribution in [0.1, 0.15) is 18.5 Å². The summed E-state index contributed by atoms with van der Waals surface area (Å²) in [6.45, 7) is 2.03. The molecule has 5 nitrogen and oxygen atoms in total. The third-order valence-electron chi connectivity index (χ3n) is 3.41. The van der Waals surface area contributed by atoms with Gasteiger partial charge in [-0.15, -0.1) is 0 Å². The zero-order valence-corrected chi connectivity index (χ0v) is 13.8. The Balaban J connectivity index is 1.78. The Kier molecular flexibility index (Phi) is 4.81. The number of aromatic nitrogens is 3. The van der Waals surface area contributed by atoms with E-state index in [0.29, 0.717) is 17.6 Å². The molecule has 2 aromatic carbocycles. The molecule has 0 fully saturated rings. The van der Waals surface area contributed by atoms with Crippen molar-refractivity contribution in [3.63, 3.8) is 0 Å². The monoisotopic (exact) mass is 341 g/mol.